The number of Topliss-reactive ketones (excluding diaryl/α,β-unsaturated/α-hetero) is 1. The number of aromatic nitrogens is 1. The van der Waals surface area contributed by atoms with Crippen LogP contribution in [-0.4, -0.2) is 41.2 Å². The number of esters is 1. The monoisotopic (exact) mass is 443 g/mol. The molecule has 1 heterocycles. The molecule has 2 rings (SSSR count). The van der Waals surface area contributed by atoms with Crippen molar-refractivity contribution < 1.29 is 28.9 Å². The number of benzene rings is 1. The molecule has 0 aliphatic carbocycles. The minimum Gasteiger partial charge on any atom is -0.503 e. The first kappa shape index (κ1) is 25.2. The first-order valence-corrected chi connectivity index (χ1v) is 10.6. The summed E-state index contributed by atoms with van der Waals surface area (Å²) in [7, 11) is 1.38. The lowest BCUT2D eigenvalue weighted by atomic mass is 9.86. The minimum absolute atomic E-state index is 0.132. The van der Waals surface area contributed by atoms with Gasteiger partial charge >= 0.3 is 5.97 Å². The third-order valence-corrected chi connectivity index (χ3v) is 5.13. The Bertz CT molecular complexity index is 932. The van der Waals surface area contributed by atoms with Crippen molar-refractivity contribution in [1.82, 2.24) is 4.98 Å². The molecule has 0 spiro atoms. The van der Waals surface area contributed by atoms with E-state index >= 15 is 0 Å². The van der Waals surface area contributed by atoms with Crippen LogP contribution in [-0.2, 0) is 9.53 Å². The highest BCUT2D eigenvalue weighted by molar-refractivity contribution is 5.99. The smallest absolute Gasteiger partial charge is 0.309 e. The molecule has 2 aromatic rings. The summed E-state index contributed by atoms with van der Waals surface area (Å²) in [6.45, 7) is 11.4. The van der Waals surface area contributed by atoms with Gasteiger partial charge in [-0.05, 0) is 26.0 Å². The van der Waals surface area contributed by atoms with Crippen molar-refractivity contribution in [3.63, 3.8) is 0 Å². The highest BCUT2D eigenvalue weighted by Gasteiger charge is 2.35. The number of rotatable bonds is 9. The third-order valence-electron chi connectivity index (χ3n) is 5.13. The van der Waals surface area contributed by atoms with Gasteiger partial charge in [0.15, 0.2) is 23.0 Å². The second kappa shape index (κ2) is 10.5. The molecule has 0 unspecified atom stereocenters. The van der Waals surface area contributed by atoms with Crippen molar-refractivity contribution in [3.8, 4) is 17.2 Å². The van der Waals surface area contributed by atoms with Crippen LogP contribution < -0.4 is 9.47 Å². The summed E-state index contributed by atoms with van der Waals surface area (Å²) in [5.41, 5.74) is 0.687. The number of ether oxygens (including phenoxy) is 3. The molecule has 0 saturated carbocycles. The van der Waals surface area contributed by atoms with Crippen molar-refractivity contribution in [2.75, 3.05) is 7.11 Å². The van der Waals surface area contributed by atoms with Crippen molar-refractivity contribution in [2.45, 2.75) is 60.2 Å². The average Bonchev–Trinajstić information content (AvgIpc) is 2.72. The Labute approximate surface area is 189 Å². The van der Waals surface area contributed by atoms with Crippen LogP contribution in [0.15, 0.2) is 36.5 Å². The Morgan fingerprint density at radius 1 is 1.09 bits per heavy atom. The Balaban J connectivity index is 2.06. The van der Waals surface area contributed by atoms with Crippen molar-refractivity contribution >= 4 is 11.8 Å². The van der Waals surface area contributed by atoms with Gasteiger partial charge in [-0.3, -0.25) is 9.59 Å². The number of ketones is 1. The second-order valence-corrected chi connectivity index (χ2v) is 9.10. The zero-order valence-electron chi connectivity index (χ0n) is 19.8. The molecule has 1 N–H and O–H groups in total. The van der Waals surface area contributed by atoms with E-state index in [9.17, 15) is 14.7 Å². The van der Waals surface area contributed by atoms with Crippen molar-refractivity contribution in [2.24, 2.45) is 11.3 Å². The number of aryl methyl sites for hydroxylation is 1. The fourth-order valence-electron chi connectivity index (χ4n) is 3.36. The molecule has 7 nitrogen and oxygen atoms in total. The maximum absolute atomic E-state index is 12.7. The van der Waals surface area contributed by atoms with Gasteiger partial charge in [0, 0.05) is 24.1 Å². The van der Waals surface area contributed by atoms with E-state index in [4.69, 9.17) is 14.2 Å². The highest BCUT2D eigenvalue weighted by Crippen LogP contribution is 2.31. The average molecular weight is 444 g/mol. The SMILES string of the molecule is COc1ccnc(C(=O)C[C@@H](C)C(=O)O[C@@H](C)[C@H](Oc2ccc(C)cc2)C(C)(C)C)c1O. The number of hydrogen-bond acceptors (Lipinski definition) is 7. The van der Waals surface area contributed by atoms with E-state index in [0.717, 1.165) is 5.56 Å². The lowest BCUT2D eigenvalue weighted by Gasteiger charge is -2.35. The Morgan fingerprint density at radius 3 is 2.28 bits per heavy atom. The van der Waals surface area contributed by atoms with Crippen LogP contribution in [0.4, 0.5) is 0 Å². The molecule has 3 atom stereocenters. The van der Waals surface area contributed by atoms with Gasteiger partial charge < -0.3 is 19.3 Å². The van der Waals surface area contributed by atoms with E-state index in [0.29, 0.717) is 5.75 Å². The lowest BCUT2D eigenvalue weighted by molar-refractivity contribution is -0.160. The molecule has 0 radical (unpaired) electrons. The van der Waals surface area contributed by atoms with Gasteiger partial charge in [-0.15, -0.1) is 0 Å². The standard InChI is InChI=1S/C25H33NO6/c1-15-8-10-18(11-9-15)32-23(25(4,5)6)17(3)31-24(29)16(2)14-19(27)21-22(28)20(30-7)12-13-26-21/h8-13,16-17,23,28H,14H2,1-7H3/t16-,17+,23+/m1/s1. The molecule has 0 fully saturated rings. The maximum Gasteiger partial charge on any atom is 0.309 e. The molecule has 0 amide bonds. The second-order valence-electron chi connectivity index (χ2n) is 9.10. The minimum atomic E-state index is -0.725. The highest BCUT2D eigenvalue weighted by atomic mass is 16.6. The predicted molar refractivity (Wildman–Crippen MR) is 121 cm³/mol. The normalized spacial score (nSPS) is 14.2. The van der Waals surface area contributed by atoms with Crippen LogP contribution in [0.1, 0.15) is 57.1 Å². The fourth-order valence-corrected chi connectivity index (χ4v) is 3.36. The van der Waals surface area contributed by atoms with Crippen LogP contribution in [0.2, 0.25) is 0 Å². The number of pyridine rings is 1. The molecule has 0 aliphatic heterocycles. The molecule has 1 aromatic carbocycles. The Kier molecular flexibility index (Phi) is 8.25. The van der Waals surface area contributed by atoms with E-state index in [2.05, 4.69) is 4.98 Å². The molecule has 0 saturated heterocycles. The van der Waals surface area contributed by atoms with Gasteiger partial charge in [0.1, 0.15) is 18.0 Å². The Hall–Kier alpha value is -3.09. The summed E-state index contributed by atoms with van der Waals surface area (Å²) in [6.07, 6.45) is 0.261. The topological polar surface area (TPSA) is 95.0 Å². The lowest BCUT2D eigenvalue weighted by Crippen LogP contribution is -2.44. The summed E-state index contributed by atoms with van der Waals surface area (Å²) in [4.78, 5) is 29.2. The van der Waals surface area contributed by atoms with Crippen molar-refractivity contribution in [1.29, 1.82) is 0 Å². The Morgan fingerprint density at radius 2 is 1.72 bits per heavy atom. The number of methoxy groups -OCH3 is 1. The van der Waals surface area contributed by atoms with Crippen LogP contribution in [0.3, 0.4) is 0 Å². The number of nitrogens with zero attached hydrogens (tertiary/aromatic N) is 1. The third kappa shape index (κ3) is 6.45. The van der Waals surface area contributed by atoms with E-state index in [1.807, 2.05) is 52.0 Å². The summed E-state index contributed by atoms with van der Waals surface area (Å²) in [5.74, 6) is -1.21. The summed E-state index contributed by atoms with van der Waals surface area (Å²) in [6, 6.07) is 9.14. The fraction of sp³-hybridized carbons (Fsp3) is 0.480. The number of carbonyl (C=O) groups excluding carboxylic acids is 2. The zero-order chi connectivity index (χ0) is 24.1. The number of aromatic hydroxyl groups is 1. The van der Waals surface area contributed by atoms with Crippen LogP contribution in [0.25, 0.3) is 0 Å². The summed E-state index contributed by atoms with van der Waals surface area (Å²) in [5, 5.41) is 10.1. The van der Waals surface area contributed by atoms with Gasteiger partial charge in [-0.2, -0.15) is 0 Å². The molecule has 7 heteroatoms. The molecule has 32 heavy (non-hydrogen) atoms. The van der Waals surface area contributed by atoms with Crippen LogP contribution in [0.5, 0.6) is 17.2 Å². The quantitative estimate of drug-likeness (QED) is 0.442. The van der Waals surface area contributed by atoms with E-state index in [1.54, 1.807) is 13.8 Å². The largest absolute Gasteiger partial charge is 0.503 e. The zero-order valence-corrected chi connectivity index (χ0v) is 19.8. The van der Waals surface area contributed by atoms with Gasteiger partial charge in [-0.1, -0.05) is 45.4 Å². The summed E-state index contributed by atoms with van der Waals surface area (Å²) < 4.78 is 16.9. The number of carbonyl (C=O) groups is 2. The maximum atomic E-state index is 12.7. The molecule has 174 valence electrons. The molecule has 0 bridgehead atoms. The van der Waals surface area contributed by atoms with E-state index < -0.39 is 29.9 Å². The number of hydrogen-bond donors (Lipinski definition) is 1. The van der Waals surface area contributed by atoms with Gasteiger partial charge in [0.2, 0.25) is 0 Å². The van der Waals surface area contributed by atoms with Crippen molar-refractivity contribution in [3.05, 3.63) is 47.8 Å². The van der Waals surface area contributed by atoms with Gasteiger partial charge in [0.05, 0.1) is 13.0 Å². The molecular weight excluding hydrogens is 410 g/mol. The predicted octanol–water partition coefficient (Wildman–Crippen LogP) is 4.74. The summed E-state index contributed by atoms with van der Waals surface area (Å²) >= 11 is 0. The van der Waals surface area contributed by atoms with Gasteiger partial charge in [0.25, 0.3) is 0 Å². The molecule has 1 aromatic heterocycles. The molecule has 0 aliphatic rings. The van der Waals surface area contributed by atoms with Gasteiger partial charge in [-0.25, -0.2) is 4.98 Å². The van der Waals surface area contributed by atoms with E-state index in [1.165, 1.54) is 19.4 Å². The first-order chi connectivity index (χ1) is 14.9. The van der Waals surface area contributed by atoms with Crippen LogP contribution >= 0.6 is 0 Å². The van der Waals surface area contributed by atoms with Crippen LogP contribution in [0, 0.1) is 18.3 Å². The van der Waals surface area contributed by atoms with E-state index in [-0.39, 0.29) is 29.0 Å². The molecular formula is C25H33NO6. The first-order valence-electron chi connectivity index (χ1n) is 10.6.